The van der Waals surface area contributed by atoms with Gasteiger partial charge in [-0.05, 0) is 41.8 Å². The molecule has 0 aromatic carbocycles. The molecular weight excluding hydrogens is 300 g/mol. The highest BCUT2D eigenvalue weighted by Gasteiger charge is 2.24. The third-order valence-corrected chi connectivity index (χ3v) is 3.15. The smallest absolute Gasteiger partial charge is 0.343 e. The number of aromatic nitrogens is 1. The molecule has 1 saturated carbocycles. The molecule has 1 aliphatic rings. The van der Waals surface area contributed by atoms with Crippen molar-refractivity contribution in [1.29, 1.82) is 0 Å². The van der Waals surface area contributed by atoms with Crippen LogP contribution in [0.3, 0.4) is 0 Å². The van der Waals surface area contributed by atoms with E-state index in [1.807, 2.05) is 0 Å². The zero-order valence-corrected chi connectivity index (χ0v) is 11.9. The van der Waals surface area contributed by atoms with Crippen molar-refractivity contribution in [2.24, 2.45) is 0 Å². The number of halogens is 1. The normalized spacial score (nSPS) is 14.2. The summed E-state index contributed by atoms with van der Waals surface area (Å²) in [7, 11) is 1.49. The van der Waals surface area contributed by atoms with E-state index in [4.69, 9.17) is 9.47 Å². The van der Waals surface area contributed by atoms with Gasteiger partial charge in [-0.3, -0.25) is 0 Å². The minimum Gasteiger partial charge on any atom is -0.480 e. The molecule has 0 amide bonds. The summed E-state index contributed by atoms with van der Waals surface area (Å²) in [6.07, 6.45) is 2.30. The fourth-order valence-corrected chi connectivity index (χ4v) is 1.94. The number of esters is 1. The molecule has 6 heteroatoms. The van der Waals surface area contributed by atoms with E-state index in [0.29, 0.717) is 24.0 Å². The van der Waals surface area contributed by atoms with Gasteiger partial charge in [-0.2, -0.15) is 4.98 Å². The fourth-order valence-electron chi connectivity index (χ4n) is 1.50. The Kier molecular flexibility index (Phi) is 4.06. The molecule has 0 radical (unpaired) electrons. The molecule has 5 nitrogen and oxygen atoms in total. The average Bonchev–Trinajstić information content (AvgIpc) is 3.15. The van der Waals surface area contributed by atoms with Gasteiger partial charge >= 0.3 is 5.97 Å². The maximum absolute atomic E-state index is 11.7. The number of carbonyl (C=O) groups is 1. The first-order valence-electron chi connectivity index (χ1n) is 5.84. The van der Waals surface area contributed by atoms with Crippen LogP contribution in [0.2, 0.25) is 0 Å². The van der Waals surface area contributed by atoms with Crippen LogP contribution in [0.25, 0.3) is 0 Å². The number of rotatable bonds is 5. The van der Waals surface area contributed by atoms with Crippen molar-refractivity contribution >= 4 is 27.7 Å². The molecule has 2 rings (SSSR count). The summed E-state index contributed by atoms with van der Waals surface area (Å²) in [4.78, 5) is 16.0. The number of ether oxygens (including phenoxy) is 2. The van der Waals surface area contributed by atoms with Gasteiger partial charge in [-0.15, -0.1) is 0 Å². The lowest BCUT2D eigenvalue weighted by atomic mass is 10.2. The third kappa shape index (κ3) is 2.93. The van der Waals surface area contributed by atoms with E-state index in [-0.39, 0.29) is 5.88 Å². The highest BCUT2D eigenvalue weighted by Crippen LogP contribution is 2.32. The van der Waals surface area contributed by atoms with Crippen molar-refractivity contribution in [2.45, 2.75) is 25.8 Å². The predicted octanol–water partition coefficient (Wildman–Crippen LogP) is 2.60. The Morgan fingerprint density at radius 1 is 1.61 bits per heavy atom. The van der Waals surface area contributed by atoms with Gasteiger partial charge in [-0.25, -0.2) is 4.79 Å². The molecule has 1 aliphatic carbocycles. The summed E-state index contributed by atoms with van der Waals surface area (Å²) >= 11 is 3.40. The Bertz CT molecular complexity index is 461. The predicted molar refractivity (Wildman–Crippen MR) is 71.1 cm³/mol. The molecule has 18 heavy (non-hydrogen) atoms. The molecule has 0 atom stereocenters. The van der Waals surface area contributed by atoms with Gasteiger partial charge in [0.2, 0.25) is 5.88 Å². The minimum absolute atomic E-state index is 0.278. The third-order valence-electron chi connectivity index (χ3n) is 2.55. The Hall–Kier alpha value is -1.30. The summed E-state index contributed by atoms with van der Waals surface area (Å²) < 4.78 is 10.8. The molecule has 1 aromatic heterocycles. The van der Waals surface area contributed by atoms with Crippen molar-refractivity contribution in [1.82, 2.24) is 4.98 Å². The molecule has 0 unspecified atom stereocenters. The van der Waals surface area contributed by atoms with E-state index in [0.717, 1.165) is 17.3 Å². The Morgan fingerprint density at radius 3 is 2.89 bits per heavy atom. The number of hydrogen-bond donors (Lipinski definition) is 1. The van der Waals surface area contributed by atoms with Crippen LogP contribution < -0.4 is 10.1 Å². The Balaban J connectivity index is 2.29. The van der Waals surface area contributed by atoms with Crippen LogP contribution in [0.1, 0.15) is 30.1 Å². The number of nitrogens with one attached hydrogen (secondary N) is 1. The van der Waals surface area contributed by atoms with Gasteiger partial charge in [0.05, 0.1) is 18.2 Å². The molecule has 0 spiro atoms. The standard InChI is InChI=1S/C12H15BrN2O3/c1-3-18-12(16)8-6-9(13)10(14-7-4-5-7)15-11(8)17-2/h6-7H,3-5H2,1-2H3,(H,14,15). The number of nitrogens with zero attached hydrogens (tertiary/aromatic N) is 1. The number of carbonyl (C=O) groups excluding carboxylic acids is 1. The van der Waals surface area contributed by atoms with Crippen LogP contribution in [0.5, 0.6) is 5.88 Å². The molecule has 98 valence electrons. The van der Waals surface area contributed by atoms with Crippen LogP contribution >= 0.6 is 15.9 Å². The van der Waals surface area contributed by atoms with Crippen molar-refractivity contribution < 1.29 is 14.3 Å². The lowest BCUT2D eigenvalue weighted by molar-refractivity contribution is 0.0522. The minimum atomic E-state index is -0.430. The van der Waals surface area contributed by atoms with Gasteiger partial charge in [0.15, 0.2) is 0 Å². The summed E-state index contributed by atoms with van der Waals surface area (Å²) in [5.74, 6) is 0.544. The number of hydrogen-bond acceptors (Lipinski definition) is 5. The monoisotopic (exact) mass is 314 g/mol. The number of pyridine rings is 1. The van der Waals surface area contributed by atoms with E-state index >= 15 is 0 Å². The SMILES string of the molecule is CCOC(=O)c1cc(Br)c(NC2CC2)nc1OC. The van der Waals surface area contributed by atoms with Gasteiger partial charge in [0.1, 0.15) is 11.4 Å². The zero-order chi connectivity index (χ0) is 13.1. The quantitative estimate of drug-likeness (QED) is 0.846. The van der Waals surface area contributed by atoms with E-state index in [2.05, 4.69) is 26.2 Å². The second-order valence-corrected chi connectivity index (χ2v) is 4.87. The van der Waals surface area contributed by atoms with Gasteiger partial charge in [-0.1, -0.05) is 0 Å². The maximum atomic E-state index is 11.7. The first-order chi connectivity index (χ1) is 8.65. The maximum Gasteiger partial charge on any atom is 0.343 e. The molecular formula is C12H15BrN2O3. The second kappa shape index (κ2) is 5.56. The number of anilines is 1. The summed E-state index contributed by atoms with van der Waals surface area (Å²) in [5, 5.41) is 3.27. The van der Waals surface area contributed by atoms with Crippen LogP contribution in [-0.2, 0) is 4.74 Å². The zero-order valence-electron chi connectivity index (χ0n) is 10.3. The molecule has 0 saturated heterocycles. The van der Waals surface area contributed by atoms with Crippen LogP contribution in [-0.4, -0.2) is 30.7 Å². The van der Waals surface area contributed by atoms with Gasteiger partial charge in [0, 0.05) is 6.04 Å². The summed E-state index contributed by atoms with van der Waals surface area (Å²) in [5.41, 5.74) is 0.326. The molecule has 0 aliphatic heterocycles. The van der Waals surface area contributed by atoms with Gasteiger partial charge in [0.25, 0.3) is 0 Å². The molecule has 1 N–H and O–H groups in total. The molecule has 1 heterocycles. The lowest BCUT2D eigenvalue weighted by Crippen LogP contribution is -2.11. The molecule has 1 fully saturated rings. The highest BCUT2D eigenvalue weighted by atomic mass is 79.9. The topological polar surface area (TPSA) is 60.5 Å². The first-order valence-corrected chi connectivity index (χ1v) is 6.63. The van der Waals surface area contributed by atoms with Crippen molar-refractivity contribution in [3.63, 3.8) is 0 Å². The van der Waals surface area contributed by atoms with Gasteiger partial charge < -0.3 is 14.8 Å². The summed E-state index contributed by atoms with van der Waals surface area (Å²) in [6, 6.07) is 2.15. The number of methoxy groups -OCH3 is 1. The molecule has 1 aromatic rings. The fraction of sp³-hybridized carbons (Fsp3) is 0.500. The van der Waals surface area contributed by atoms with E-state index in [1.54, 1.807) is 13.0 Å². The van der Waals surface area contributed by atoms with Crippen LogP contribution in [0, 0.1) is 0 Å². The van der Waals surface area contributed by atoms with E-state index < -0.39 is 5.97 Å². The first kappa shape index (κ1) is 13.1. The largest absolute Gasteiger partial charge is 0.480 e. The van der Waals surface area contributed by atoms with Crippen molar-refractivity contribution in [2.75, 3.05) is 19.0 Å². The van der Waals surface area contributed by atoms with E-state index in [1.165, 1.54) is 7.11 Å². The van der Waals surface area contributed by atoms with Crippen molar-refractivity contribution in [3.05, 3.63) is 16.1 Å². The second-order valence-electron chi connectivity index (χ2n) is 4.01. The highest BCUT2D eigenvalue weighted by molar-refractivity contribution is 9.10. The Morgan fingerprint density at radius 2 is 2.33 bits per heavy atom. The Labute approximate surface area is 114 Å². The van der Waals surface area contributed by atoms with Crippen molar-refractivity contribution in [3.8, 4) is 5.88 Å². The summed E-state index contributed by atoms with van der Waals surface area (Å²) in [6.45, 7) is 2.08. The lowest BCUT2D eigenvalue weighted by Gasteiger charge is -2.11. The molecule has 0 bridgehead atoms. The van der Waals surface area contributed by atoms with Crippen LogP contribution in [0.4, 0.5) is 5.82 Å². The average molecular weight is 315 g/mol. The van der Waals surface area contributed by atoms with Crippen LogP contribution in [0.15, 0.2) is 10.5 Å². The van der Waals surface area contributed by atoms with E-state index in [9.17, 15) is 4.79 Å².